The van der Waals surface area contributed by atoms with Crippen molar-refractivity contribution < 1.29 is 9.53 Å². The standard InChI is InChI=1S/C16H15BrO2/c1-11-7-13(9-18)8-12(2)16(11)19-10-14-5-3-4-6-15(14)17/h3-9H,10H2,1-2H3. The highest BCUT2D eigenvalue weighted by atomic mass is 79.9. The molecule has 0 saturated carbocycles. The van der Waals surface area contributed by atoms with Crippen LogP contribution in [0.25, 0.3) is 0 Å². The summed E-state index contributed by atoms with van der Waals surface area (Å²) in [7, 11) is 0. The van der Waals surface area contributed by atoms with Gasteiger partial charge in [-0.25, -0.2) is 0 Å². The van der Waals surface area contributed by atoms with Gasteiger partial charge in [0.2, 0.25) is 0 Å². The maximum atomic E-state index is 10.8. The average molecular weight is 319 g/mol. The lowest BCUT2D eigenvalue weighted by Crippen LogP contribution is -2.00. The first-order chi connectivity index (χ1) is 9.11. The van der Waals surface area contributed by atoms with E-state index in [4.69, 9.17) is 4.74 Å². The molecule has 0 aliphatic rings. The van der Waals surface area contributed by atoms with Crippen LogP contribution in [-0.2, 0) is 6.61 Å². The van der Waals surface area contributed by atoms with Crippen LogP contribution in [0.5, 0.6) is 5.75 Å². The molecule has 0 spiro atoms. The summed E-state index contributed by atoms with van der Waals surface area (Å²) in [4.78, 5) is 10.8. The van der Waals surface area contributed by atoms with Gasteiger partial charge in [-0.3, -0.25) is 4.79 Å². The molecule has 0 aromatic heterocycles. The molecule has 0 radical (unpaired) electrons. The first kappa shape index (κ1) is 13.8. The lowest BCUT2D eigenvalue weighted by atomic mass is 10.1. The highest BCUT2D eigenvalue weighted by molar-refractivity contribution is 9.10. The highest BCUT2D eigenvalue weighted by Gasteiger charge is 2.07. The summed E-state index contributed by atoms with van der Waals surface area (Å²) < 4.78 is 6.92. The molecule has 3 heteroatoms. The monoisotopic (exact) mass is 318 g/mol. The molecule has 0 heterocycles. The first-order valence-electron chi connectivity index (χ1n) is 6.04. The summed E-state index contributed by atoms with van der Waals surface area (Å²) in [6, 6.07) is 11.7. The molecule has 0 saturated heterocycles. The van der Waals surface area contributed by atoms with E-state index in [1.54, 1.807) is 0 Å². The molecule has 19 heavy (non-hydrogen) atoms. The second-order valence-electron chi connectivity index (χ2n) is 4.48. The van der Waals surface area contributed by atoms with E-state index >= 15 is 0 Å². The molecule has 2 nitrogen and oxygen atoms in total. The minimum Gasteiger partial charge on any atom is -0.488 e. The van der Waals surface area contributed by atoms with Gasteiger partial charge >= 0.3 is 0 Å². The van der Waals surface area contributed by atoms with Gasteiger partial charge in [0.05, 0.1) is 0 Å². The Hall–Kier alpha value is -1.61. The normalized spacial score (nSPS) is 10.3. The van der Waals surface area contributed by atoms with E-state index in [0.29, 0.717) is 12.2 Å². The Kier molecular flexibility index (Phi) is 4.38. The predicted octanol–water partition coefficient (Wildman–Crippen LogP) is 4.46. The summed E-state index contributed by atoms with van der Waals surface area (Å²) in [6.07, 6.45) is 0.859. The van der Waals surface area contributed by atoms with E-state index in [1.165, 1.54) is 0 Å². The maximum absolute atomic E-state index is 10.8. The lowest BCUT2D eigenvalue weighted by Gasteiger charge is -2.13. The lowest BCUT2D eigenvalue weighted by molar-refractivity contribution is 0.112. The fourth-order valence-corrected chi connectivity index (χ4v) is 2.44. The van der Waals surface area contributed by atoms with Crippen molar-refractivity contribution in [2.45, 2.75) is 20.5 Å². The zero-order chi connectivity index (χ0) is 13.8. The molecule has 0 N–H and O–H groups in total. The molecule has 0 aliphatic carbocycles. The third-order valence-electron chi connectivity index (χ3n) is 2.95. The van der Waals surface area contributed by atoms with Crippen LogP contribution in [0, 0.1) is 13.8 Å². The topological polar surface area (TPSA) is 26.3 Å². The molecule has 0 bridgehead atoms. The Morgan fingerprint density at radius 1 is 1.16 bits per heavy atom. The van der Waals surface area contributed by atoms with Gasteiger partial charge in [-0.1, -0.05) is 34.1 Å². The number of hydrogen-bond donors (Lipinski definition) is 0. The van der Waals surface area contributed by atoms with Crippen molar-refractivity contribution >= 4 is 22.2 Å². The third kappa shape index (κ3) is 3.24. The molecule has 2 aromatic rings. The third-order valence-corrected chi connectivity index (χ3v) is 3.72. The zero-order valence-electron chi connectivity index (χ0n) is 10.9. The molecular weight excluding hydrogens is 304 g/mol. The van der Waals surface area contributed by atoms with E-state index in [9.17, 15) is 4.79 Å². The van der Waals surface area contributed by atoms with Gasteiger partial charge in [-0.05, 0) is 43.2 Å². The molecule has 2 rings (SSSR count). The predicted molar refractivity (Wildman–Crippen MR) is 79.8 cm³/mol. The van der Waals surface area contributed by atoms with Gasteiger partial charge in [0.1, 0.15) is 18.6 Å². The Balaban J connectivity index is 2.21. The van der Waals surface area contributed by atoms with Crippen LogP contribution in [0.15, 0.2) is 40.9 Å². The summed E-state index contributed by atoms with van der Waals surface area (Å²) in [5, 5.41) is 0. The van der Waals surface area contributed by atoms with Crippen LogP contribution < -0.4 is 4.74 Å². The molecule has 0 amide bonds. The van der Waals surface area contributed by atoms with Crippen LogP contribution in [0.2, 0.25) is 0 Å². The van der Waals surface area contributed by atoms with Crippen molar-refractivity contribution in [2.75, 3.05) is 0 Å². The van der Waals surface area contributed by atoms with Gasteiger partial charge in [0, 0.05) is 15.6 Å². The molecule has 0 unspecified atom stereocenters. The molecular formula is C16H15BrO2. The Labute approximate surface area is 121 Å². The van der Waals surface area contributed by atoms with E-state index in [2.05, 4.69) is 15.9 Å². The molecule has 0 fully saturated rings. The average Bonchev–Trinajstić information content (AvgIpc) is 2.39. The minimum atomic E-state index is 0.504. The molecule has 2 aromatic carbocycles. The van der Waals surface area contributed by atoms with Crippen LogP contribution in [0.3, 0.4) is 0 Å². The smallest absolute Gasteiger partial charge is 0.150 e. The number of carbonyl (C=O) groups is 1. The fraction of sp³-hybridized carbons (Fsp3) is 0.188. The number of aldehydes is 1. The van der Waals surface area contributed by atoms with Crippen molar-refractivity contribution in [3.8, 4) is 5.75 Å². The van der Waals surface area contributed by atoms with Gasteiger partial charge in [0.25, 0.3) is 0 Å². The quantitative estimate of drug-likeness (QED) is 0.778. The molecule has 0 aliphatic heterocycles. The van der Waals surface area contributed by atoms with E-state index < -0.39 is 0 Å². The number of halogens is 1. The van der Waals surface area contributed by atoms with E-state index in [1.807, 2.05) is 50.2 Å². The summed E-state index contributed by atoms with van der Waals surface area (Å²) in [5.41, 5.74) is 3.74. The van der Waals surface area contributed by atoms with Crippen molar-refractivity contribution in [3.05, 3.63) is 63.1 Å². The van der Waals surface area contributed by atoms with Gasteiger partial charge in [0.15, 0.2) is 0 Å². The molecule has 98 valence electrons. The Morgan fingerprint density at radius 2 is 1.79 bits per heavy atom. The summed E-state index contributed by atoms with van der Waals surface area (Å²) in [5.74, 6) is 0.848. The zero-order valence-corrected chi connectivity index (χ0v) is 12.5. The van der Waals surface area contributed by atoms with Crippen molar-refractivity contribution in [2.24, 2.45) is 0 Å². The number of rotatable bonds is 4. The summed E-state index contributed by atoms with van der Waals surface area (Å²) in [6.45, 7) is 4.41. The minimum absolute atomic E-state index is 0.504. The highest BCUT2D eigenvalue weighted by Crippen LogP contribution is 2.26. The van der Waals surface area contributed by atoms with Gasteiger partial charge in [-0.2, -0.15) is 0 Å². The number of carbonyl (C=O) groups excluding carboxylic acids is 1. The second kappa shape index (κ2) is 6.02. The second-order valence-corrected chi connectivity index (χ2v) is 5.34. The number of ether oxygens (including phenoxy) is 1. The summed E-state index contributed by atoms with van der Waals surface area (Å²) >= 11 is 3.50. The SMILES string of the molecule is Cc1cc(C=O)cc(C)c1OCc1ccccc1Br. The van der Waals surface area contributed by atoms with Crippen LogP contribution in [-0.4, -0.2) is 6.29 Å². The van der Waals surface area contributed by atoms with Gasteiger partial charge in [-0.15, -0.1) is 0 Å². The van der Waals surface area contributed by atoms with Crippen LogP contribution >= 0.6 is 15.9 Å². The maximum Gasteiger partial charge on any atom is 0.150 e. The number of aryl methyl sites for hydroxylation is 2. The van der Waals surface area contributed by atoms with Crippen molar-refractivity contribution in [3.63, 3.8) is 0 Å². The number of hydrogen-bond acceptors (Lipinski definition) is 2. The van der Waals surface area contributed by atoms with E-state index in [-0.39, 0.29) is 0 Å². The first-order valence-corrected chi connectivity index (χ1v) is 6.83. The van der Waals surface area contributed by atoms with Crippen molar-refractivity contribution in [1.82, 2.24) is 0 Å². The van der Waals surface area contributed by atoms with Crippen LogP contribution in [0.4, 0.5) is 0 Å². The van der Waals surface area contributed by atoms with E-state index in [0.717, 1.165) is 33.2 Å². The van der Waals surface area contributed by atoms with Gasteiger partial charge < -0.3 is 4.74 Å². The largest absolute Gasteiger partial charge is 0.488 e. The molecule has 0 atom stereocenters. The van der Waals surface area contributed by atoms with Crippen LogP contribution in [0.1, 0.15) is 27.0 Å². The Morgan fingerprint density at radius 3 is 2.37 bits per heavy atom. The fourth-order valence-electron chi connectivity index (χ4n) is 2.04. The number of benzene rings is 2. The Bertz CT molecular complexity index is 582. The van der Waals surface area contributed by atoms with Crippen molar-refractivity contribution in [1.29, 1.82) is 0 Å².